The van der Waals surface area contributed by atoms with Crippen LogP contribution in [0.5, 0.6) is 5.75 Å². The van der Waals surface area contributed by atoms with E-state index in [4.69, 9.17) is 16.3 Å². The van der Waals surface area contributed by atoms with E-state index in [1.807, 2.05) is 41.3 Å². The summed E-state index contributed by atoms with van der Waals surface area (Å²) in [5.41, 5.74) is 0.540. The van der Waals surface area contributed by atoms with Crippen molar-refractivity contribution in [2.75, 3.05) is 13.1 Å². The smallest absolute Gasteiger partial charge is 0.253 e. The Morgan fingerprint density at radius 2 is 1.65 bits per heavy atom. The second kappa shape index (κ2) is 7.68. The molecular weight excluding hydrogens is 350 g/mol. The van der Waals surface area contributed by atoms with Gasteiger partial charge in [-0.1, -0.05) is 23.7 Å². The first-order chi connectivity index (χ1) is 12.3. The lowest BCUT2D eigenvalue weighted by Gasteiger charge is -2.32. The molecule has 5 heteroatoms. The zero-order chi connectivity index (χ0) is 18.7. The Kier molecular flexibility index (Phi) is 5.54. The number of aliphatic hydroxyl groups is 1. The Bertz CT molecular complexity index is 742. The average molecular weight is 374 g/mol. The Balaban J connectivity index is 1.55. The molecule has 1 fully saturated rings. The molecule has 1 amide bonds. The molecule has 1 N–H and O–H groups in total. The van der Waals surface area contributed by atoms with Crippen molar-refractivity contribution in [3.63, 3.8) is 0 Å². The number of ether oxygens (including phenoxy) is 1. The molecular formula is C21H24ClNO3. The lowest BCUT2D eigenvalue weighted by atomic mass is 9.97. The maximum absolute atomic E-state index is 12.7. The molecule has 0 spiro atoms. The molecule has 26 heavy (non-hydrogen) atoms. The Morgan fingerprint density at radius 3 is 2.19 bits per heavy atom. The van der Waals surface area contributed by atoms with Gasteiger partial charge in [0.2, 0.25) is 0 Å². The molecule has 0 saturated carbocycles. The van der Waals surface area contributed by atoms with Gasteiger partial charge in [0.05, 0.1) is 5.60 Å². The molecule has 1 aliphatic rings. The van der Waals surface area contributed by atoms with Crippen LogP contribution in [0.15, 0.2) is 48.5 Å². The number of amides is 1. The largest absolute Gasteiger partial charge is 0.490 e. The molecule has 1 heterocycles. The van der Waals surface area contributed by atoms with Crippen molar-refractivity contribution in [3.05, 3.63) is 64.7 Å². The van der Waals surface area contributed by atoms with Crippen LogP contribution in [0.2, 0.25) is 5.02 Å². The Labute approximate surface area is 159 Å². The summed E-state index contributed by atoms with van der Waals surface area (Å²) in [6.07, 6.45) is 1.71. The summed E-state index contributed by atoms with van der Waals surface area (Å²) in [6, 6.07) is 14.5. The van der Waals surface area contributed by atoms with Crippen molar-refractivity contribution in [2.24, 2.45) is 0 Å². The number of rotatable bonds is 4. The molecule has 3 rings (SSSR count). The lowest BCUT2D eigenvalue weighted by molar-refractivity contribution is 0.0593. The van der Waals surface area contributed by atoms with Crippen LogP contribution in [0.25, 0.3) is 0 Å². The summed E-state index contributed by atoms with van der Waals surface area (Å²) in [5.74, 6) is 0.832. The Hall–Kier alpha value is -2.04. The highest BCUT2D eigenvalue weighted by atomic mass is 35.5. The maximum Gasteiger partial charge on any atom is 0.253 e. The van der Waals surface area contributed by atoms with Gasteiger partial charge in [0.25, 0.3) is 5.91 Å². The van der Waals surface area contributed by atoms with Gasteiger partial charge in [-0.05, 0) is 55.8 Å². The quantitative estimate of drug-likeness (QED) is 0.871. The number of benzene rings is 2. The second-order valence-electron chi connectivity index (χ2n) is 7.20. The summed E-state index contributed by atoms with van der Waals surface area (Å²) >= 11 is 5.89. The fourth-order valence-corrected chi connectivity index (χ4v) is 3.21. The third kappa shape index (κ3) is 4.57. The van der Waals surface area contributed by atoms with Gasteiger partial charge in [0, 0.05) is 36.5 Å². The van der Waals surface area contributed by atoms with Crippen molar-refractivity contribution < 1.29 is 14.6 Å². The molecule has 4 nitrogen and oxygen atoms in total. The molecule has 1 saturated heterocycles. The normalized spacial score (nSPS) is 15.8. The van der Waals surface area contributed by atoms with Gasteiger partial charge in [0.1, 0.15) is 11.9 Å². The molecule has 2 aromatic carbocycles. The molecule has 0 aliphatic carbocycles. The first-order valence-electron chi connectivity index (χ1n) is 8.87. The molecule has 0 radical (unpaired) electrons. The van der Waals surface area contributed by atoms with E-state index >= 15 is 0 Å². The summed E-state index contributed by atoms with van der Waals surface area (Å²) in [5, 5.41) is 10.7. The predicted molar refractivity (Wildman–Crippen MR) is 103 cm³/mol. The number of carbonyl (C=O) groups is 1. The fourth-order valence-electron chi connectivity index (χ4n) is 3.09. The van der Waals surface area contributed by atoms with E-state index in [1.54, 1.807) is 26.0 Å². The van der Waals surface area contributed by atoms with Crippen molar-refractivity contribution in [1.82, 2.24) is 4.90 Å². The van der Waals surface area contributed by atoms with E-state index in [2.05, 4.69) is 0 Å². The van der Waals surface area contributed by atoms with E-state index < -0.39 is 5.60 Å². The monoisotopic (exact) mass is 373 g/mol. The van der Waals surface area contributed by atoms with Crippen LogP contribution in [0.1, 0.15) is 42.6 Å². The molecule has 0 atom stereocenters. The van der Waals surface area contributed by atoms with Gasteiger partial charge in [-0.15, -0.1) is 0 Å². The van der Waals surface area contributed by atoms with Crippen LogP contribution in [0.3, 0.4) is 0 Å². The lowest BCUT2D eigenvalue weighted by Crippen LogP contribution is -2.41. The van der Waals surface area contributed by atoms with E-state index in [1.165, 1.54) is 0 Å². The van der Waals surface area contributed by atoms with Crippen LogP contribution in [0, 0.1) is 0 Å². The van der Waals surface area contributed by atoms with Crippen molar-refractivity contribution >= 4 is 17.5 Å². The summed E-state index contributed by atoms with van der Waals surface area (Å²) in [4.78, 5) is 14.5. The van der Waals surface area contributed by atoms with Crippen LogP contribution >= 0.6 is 11.6 Å². The number of piperidine rings is 1. The number of halogens is 1. The van der Waals surface area contributed by atoms with Gasteiger partial charge < -0.3 is 14.7 Å². The fraction of sp³-hybridized carbons (Fsp3) is 0.381. The summed E-state index contributed by atoms with van der Waals surface area (Å²) < 4.78 is 5.97. The standard InChI is InChI=1S/C21H24ClNO3/c1-21(2,25)16-5-3-15(4-6-16)20(24)23-13-11-19(12-14-23)26-18-9-7-17(22)8-10-18/h3-10,19,25H,11-14H2,1-2H3. The Morgan fingerprint density at radius 1 is 1.08 bits per heavy atom. The first kappa shape index (κ1) is 18.7. The van der Waals surface area contributed by atoms with Gasteiger partial charge in [-0.3, -0.25) is 4.79 Å². The van der Waals surface area contributed by atoms with Crippen molar-refractivity contribution in [3.8, 4) is 5.75 Å². The minimum Gasteiger partial charge on any atom is -0.490 e. The molecule has 0 bridgehead atoms. The van der Waals surface area contributed by atoms with Crippen LogP contribution in [-0.4, -0.2) is 35.1 Å². The third-order valence-corrected chi connectivity index (χ3v) is 4.94. The zero-order valence-electron chi connectivity index (χ0n) is 15.1. The molecule has 138 valence electrons. The highest BCUT2D eigenvalue weighted by Crippen LogP contribution is 2.23. The number of hydrogen-bond donors (Lipinski definition) is 1. The van der Waals surface area contributed by atoms with Crippen molar-refractivity contribution in [1.29, 1.82) is 0 Å². The number of carbonyl (C=O) groups excluding carboxylic acids is 1. The number of hydrogen-bond acceptors (Lipinski definition) is 3. The van der Waals surface area contributed by atoms with E-state index in [0.717, 1.165) is 24.2 Å². The zero-order valence-corrected chi connectivity index (χ0v) is 15.9. The molecule has 0 aromatic heterocycles. The van der Waals surface area contributed by atoms with Crippen LogP contribution in [-0.2, 0) is 5.60 Å². The number of nitrogens with zero attached hydrogens (tertiary/aromatic N) is 1. The van der Waals surface area contributed by atoms with E-state index in [-0.39, 0.29) is 12.0 Å². The van der Waals surface area contributed by atoms with Crippen LogP contribution < -0.4 is 4.74 Å². The first-order valence-corrected chi connectivity index (χ1v) is 9.25. The minimum atomic E-state index is -0.904. The average Bonchev–Trinajstić information content (AvgIpc) is 2.63. The predicted octanol–water partition coefficient (Wildman–Crippen LogP) is 4.25. The third-order valence-electron chi connectivity index (χ3n) is 4.68. The number of likely N-dealkylation sites (tertiary alicyclic amines) is 1. The van der Waals surface area contributed by atoms with Gasteiger partial charge >= 0.3 is 0 Å². The molecule has 1 aliphatic heterocycles. The SMILES string of the molecule is CC(C)(O)c1ccc(C(=O)N2CCC(Oc3ccc(Cl)cc3)CC2)cc1. The summed E-state index contributed by atoms with van der Waals surface area (Å²) in [7, 11) is 0. The topological polar surface area (TPSA) is 49.8 Å². The second-order valence-corrected chi connectivity index (χ2v) is 7.64. The van der Waals surface area contributed by atoms with Crippen LogP contribution in [0.4, 0.5) is 0 Å². The van der Waals surface area contributed by atoms with Gasteiger partial charge in [-0.25, -0.2) is 0 Å². The molecule has 2 aromatic rings. The highest BCUT2D eigenvalue weighted by molar-refractivity contribution is 6.30. The summed E-state index contributed by atoms with van der Waals surface area (Å²) in [6.45, 7) is 4.80. The maximum atomic E-state index is 12.7. The minimum absolute atomic E-state index is 0.0252. The van der Waals surface area contributed by atoms with Gasteiger partial charge in [-0.2, -0.15) is 0 Å². The van der Waals surface area contributed by atoms with Crippen molar-refractivity contribution in [2.45, 2.75) is 38.4 Å². The van der Waals surface area contributed by atoms with E-state index in [9.17, 15) is 9.90 Å². The van der Waals surface area contributed by atoms with Gasteiger partial charge in [0.15, 0.2) is 0 Å². The molecule has 0 unspecified atom stereocenters. The highest BCUT2D eigenvalue weighted by Gasteiger charge is 2.25. The van der Waals surface area contributed by atoms with E-state index in [0.29, 0.717) is 23.7 Å².